The lowest BCUT2D eigenvalue weighted by Crippen LogP contribution is -2.26. The molecule has 2 rings (SSSR count). The van der Waals surface area contributed by atoms with Crippen molar-refractivity contribution in [2.75, 3.05) is 12.8 Å². The molecular formula is C17H17Cl2NOS. The lowest BCUT2D eigenvalue weighted by molar-refractivity contribution is 0.0785. The Hall–Kier alpha value is -1.16. The number of nitrogens with zero attached hydrogens (tertiary/aromatic N) is 1. The van der Waals surface area contributed by atoms with Gasteiger partial charge in [0, 0.05) is 18.5 Å². The first-order valence-electron chi connectivity index (χ1n) is 6.94. The standard InChI is InChI=1S/C17H17Cl2NOS/c1-3-22-14-10-9-13(15(18)16(14)19)17(21)20(2)11-12-7-5-4-6-8-12/h4-10H,3,11H2,1-2H3. The summed E-state index contributed by atoms with van der Waals surface area (Å²) in [5.41, 5.74) is 1.50. The van der Waals surface area contributed by atoms with Crippen LogP contribution in [0.15, 0.2) is 47.4 Å². The van der Waals surface area contributed by atoms with Crippen LogP contribution in [-0.2, 0) is 6.54 Å². The summed E-state index contributed by atoms with van der Waals surface area (Å²) < 4.78 is 0. The van der Waals surface area contributed by atoms with E-state index in [1.165, 1.54) is 0 Å². The van der Waals surface area contributed by atoms with Crippen LogP contribution in [0, 0.1) is 0 Å². The predicted octanol–water partition coefficient (Wildman–Crippen LogP) is 5.38. The molecule has 22 heavy (non-hydrogen) atoms. The molecule has 0 unspecified atom stereocenters. The third-order valence-corrected chi connectivity index (χ3v) is 5.12. The minimum atomic E-state index is -0.135. The first kappa shape index (κ1) is 17.2. The third kappa shape index (κ3) is 3.97. The average Bonchev–Trinajstić information content (AvgIpc) is 2.52. The molecule has 1 amide bonds. The number of hydrogen-bond donors (Lipinski definition) is 0. The Bertz CT molecular complexity index is 661. The van der Waals surface area contributed by atoms with Gasteiger partial charge >= 0.3 is 0 Å². The Morgan fingerprint density at radius 1 is 1.09 bits per heavy atom. The van der Waals surface area contributed by atoms with E-state index in [1.807, 2.05) is 43.3 Å². The molecule has 2 aromatic rings. The molecule has 0 fully saturated rings. The summed E-state index contributed by atoms with van der Waals surface area (Å²) in [7, 11) is 1.76. The highest BCUT2D eigenvalue weighted by Gasteiger charge is 2.19. The molecule has 0 atom stereocenters. The SMILES string of the molecule is CCSc1ccc(C(=O)N(C)Cc2ccccc2)c(Cl)c1Cl. The lowest BCUT2D eigenvalue weighted by Gasteiger charge is -2.19. The molecule has 116 valence electrons. The minimum Gasteiger partial charge on any atom is -0.337 e. The minimum absolute atomic E-state index is 0.135. The van der Waals surface area contributed by atoms with E-state index < -0.39 is 0 Å². The van der Waals surface area contributed by atoms with E-state index in [0.29, 0.717) is 22.2 Å². The Morgan fingerprint density at radius 2 is 1.77 bits per heavy atom. The molecule has 0 saturated heterocycles. The zero-order chi connectivity index (χ0) is 16.1. The number of hydrogen-bond acceptors (Lipinski definition) is 2. The van der Waals surface area contributed by atoms with Crippen LogP contribution in [0.5, 0.6) is 0 Å². The molecule has 0 N–H and O–H groups in total. The van der Waals surface area contributed by atoms with Crippen LogP contribution < -0.4 is 0 Å². The molecular weight excluding hydrogens is 337 g/mol. The van der Waals surface area contributed by atoms with Gasteiger partial charge in [0.1, 0.15) is 0 Å². The largest absolute Gasteiger partial charge is 0.337 e. The maximum absolute atomic E-state index is 12.6. The van der Waals surface area contributed by atoms with Crippen molar-refractivity contribution in [3.63, 3.8) is 0 Å². The second kappa shape index (κ2) is 7.91. The summed E-state index contributed by atoms with van der Waals surface area (Å²) >= 11 is 14.2. The Balaban J connectivity index is 2.20. The number of benzene rings is 2. The van der Waals surface area contributed by atoms with Crippen molar-refractivity contribution < 1.29 is 4.79 Å². The van der Waals surface area contributed by atoms with E-state index in [4.69, 9.17) is 23.2 Å². The molecule has 0 aliphatic rings. The molecule has 0 heterocycles. The molecule has 0 aliphatic heterocycles. The summed E-state index contributed by atoms with van der Waals surface area (Å²) in [4.78, 5) is 15.1. The van der Waals surface area contributed by atoms with Crippen LogP contribution in [-0.4, -0.2) is 23.6 Å². The smallest absolute Gasteiger partial charge is 0.255 e. The molecule has 5 heteroatoms. The summed E-state index contributed by atoms with van der Waals surface area (Å²) in [6.45, 7) is 2.57. The number of amides is 1. The van der Waals surface area contributed by atoms with E-state index in [2.05, 4.69) is 0 Å². The molecule has 2 aromatic carbocycles. The number of carbonyl (C=O) groups excluding carboxylic acids is 1. The quantitative estimate of drug-likeness (QED) is 0.672. The highest BCUT2D eigenvalue weighted by atomic mass is 35.5. The predicted molar refractivity (Wildman–Crippen MR) is 95.1 cm³/mol. The molecule has 0 bridgehead atoms. The average molecular weight is 354 g/mol. The van der Waals surface area contributed by atoms with E-state index in [9.17, 15) is 4.79 Å². The van der Waals surface area contributed by atoms with Crippen LogP contribution in [0.1, 0.15) is 22.8 Å². The van der Waals surface area contributed by atoms with Gasteiger partial charge < -0.3 is 4.90 Å². The summed E-state index contributed by atoms with van der Waals surface area (Å²) in [5, 5.41) is 0.775. The van der Waals surface area contributed by atoms with Crippen molar-refractivity contribution in [2.45, 2.75) is 18.4 Å². The normalized spacial score (nSPS) is 10.5. The fourth-order valence-electron chi connectivity index (χ4n) is 2.10. The topological polar surface area (TPSA) is 20.3 Å². The molecule has 2 nitrogen and oxygen atoms in total. The van der Waals surface area contributed by atoms with Crippen molar-refractivity contribution in [1.82, 2.24) is 4.90 Å². The van der Waals surface area contributed by atoms with Gasteiger partial charge in [-0.05, 0) is 23.4 Å². The van der Waals surface area contributed by atoms with Crippen LogP contribution >= 0.6 is 35.0 Å². The highest BCUT2D eigenvalue weighted by Crippen LogP contribution is 2.35. The van der Waals surface area contributed by atoms with Crippen LogP contribution in [0.2, 0.25) is 10.0 Å². The van der Waals surface area contributed by atoms with E-state index in [0.717, 1.165) is 16.2 Å². The van der Waals surface area contributed by atoms with Crippen LogP contribution in [0.4, 0.5) is 0 Å². The van der Waals surface area contributed by atoms with Gasteiger partial charge in [0.25, 0.3) is 5.91 Å². The van der Waals surface area contributed by atoms with Gasteiger partial charge in [-0.25, -0.2) is 0 Å². The van der Waals surface area contributed by atoms with Crippen LogP contribution in [0.25, 0.3) is 0 Å². The van der Waals surface area contributed by atoms with Gasteiger partial charge in [0.15, 0.2) is 0 Å². The summed E-state index contributed by atoms with van der Waals surface area (Å²) in [5.74, 6) is 0.765. The number of halogens is 2. The van der Waals surface area contributed by atoms with Gasteiger partial charge in [0.2, 0.25) is 0 Å². The van der Waals surface area contributed by atoms with Crippen molar-refractivity contribution in [2.24, 2.45) is 0 Å². The van der Waals surface area contributed by atoms with Gasteiger partial charge in [-0.2, -0.15) is 0 Å². The second-order valence-corrected chi connectivity index (χ2v) is 6.88. The molecule has 0 spiro atoms. The van der Waals surface area contributed by atoms with Gasteiger partial charge in [-0.1, -0.05) is 60.5 Å². The summed E-state index contributed by atoms with van der Waals surface area (Å²) in [6.07, 6.45) is 0. The second-order valence-electron chi connectivity index (χ2n) is 4.82. The van der Waals surface area contributed by atoms with E-state index in [-0.39, 0.29) is 5.91 Å². The van der Waals surface area contributed by atoms with E-state index >= 15 is 0 Å². The highest BCUT2D eigenvalue weighted by molar-refractivity contribution is 7.99. The number of thioether (sulfide) groups is 1. The molecule has 0 aliphatic carbocycles. The zero-order valence-electron chi connectivity index (χ0n) is 12.5. The van der Waals surface area contributed by atoms with E-state index in [1.54, 1.807) is 29.8 Å². The fraction of sp³-hybridized carbons (Fsp3) is 0.235. The van der Waals surface area contributed by atoms with Crippen molar-refractivity contribution in [1.29, 1.82) is 0 Å². The van der Waals surface area contributed by atoms with Gasteiger partial charge in [0.05, 0.1) is 15.6 Å². The Labute approximate surface area is 145 Å². The first-order chi connectivity index (χ1) is 10.5. The van der Waals surface area contributed by atoms with Gasteiger partial charge in [-0.3, -0.25) is 4.79 Å². The molecule has 0 aromatic heterocycles. The number of rotatable bonds is 5. The van der Waals surface area contributed by atoms with Crippen molar-refractivity contribution >= 4 is 40.9 Å². The molecule has 0 radical (unpaired) electrons. The molecule has 0 saturated carbocycles. The third-order valence-electron chi connectivity index (χ3n) is 3.19. The first-order valence-corrected chi connectivity index (χ1v) is 8.69. The summed E-state index contributed by atoms with van der Waals surface area (Å²) in [6, 6.07) is 13.4. The monoisotopic (exact) mass is 353 g/mol. The van der Waals surface area contributed by atoms with Crippen molar-refractivity contribution in [3.8, 4) is 0 Å². The van der Waals surface area contributed by atoms with Crippen LogP contribution in [0.3, 0.4) is 0 Å². The number of carbonyl (C=O) groups is 1. The Morgan fingerprint density at radius 3 is 2.41 bits per heavy atom. The Kier molecular flexibility index (Phi) is 6.18. The van der Waals surface area contributed by atoms with Gasteiger partial charge in [-0.15, -0.1) is 11.8 Å². The maximum Gasteiger partial charge on any atom is 0.255 e. The fourth-order valence-corrected chi connectivity index (χ4v) is 3.43. The zero-order valence-corrected chi connectivity index (χ0v) is 14.8. The van der Waals surface area contributed by atoms with Crippen molar-refractivity contribution in [3.05, 3.63) is 63.6 Å². The lowest BCUT2D eigenvalue weighted by atomic mass is 10.1. The maximum atomic E-state index is 12.6.